The molecule has 1 aliphatic rings. The molecular weight excluding hydrogens is 396 g/mol. The molecule has 0 fully saturated rings. The van der Waals surface area contributed by atoms with Crippen LogP contribution in [0.15, 0.2) is 45.3 Å². The third-order valence-electron chi connectivity index (χ3n) is 3.79. The van der Waals surface area contributed by atoms with Crippen LogP contribution in [0, 0.1) is 0 Å². The van der Waals surface area contributed by atoms with E-state index in [4.69, 9.17) is 4.74 Å². The summed E-state index contributed by atoms with van der Waals surface area (Å²) in [5.74, 6) is 1.01. The number of hydrogen-bond donors (Lipinski definition) is 1. The number of aryl methyl sites for hydroxylation is 1. The smallest absolute Gasteiger partial charge is 0.122 e. The van der Waals surface area contributed by atoms with Crippen LogP contribution >= 0.6 is 31.9 Å². The van der Waals surface area contributed by atoms with Crippen LogP contribution in [0.3, 0.4) is 0 Å². The van der Waals surface area contributed by atoms with Crippen molar-refractivity contribution in [2.75, 3.05) is 6.61 Å². The van der Waals surface area contributed by atoms with Gasteiger partial charge in [-0.05, 0) is 79.6 Å². The predicted molar refractivity (Wildman–Crippen MR) is 90.8 cm³/mol. The molecule has 3 rings (SSSR count). The minimum Gasteiger partial charge on any atom is -0.493 e. The molecule has 0 aliphatic carbocycles. The van der Waals surface area contributed by atoms with E-state index in [0.717, 1.165) is 39.7 Å². The summed E-state index contributed by atoms with van der Waals surface area (Å²) >= 11 is 6.91. The van der Waals surface area contributed by atoms with Crippen LogP contribution in [-0.2, 0) is 12.8 Å². The van der Waals surface area contributed by atoms with Crippen molar-refractivity contribution in [3.05, 3.63) is 62.0 Å². The molecule has 1 unspecified atom stereocenters. The van der Waals surface area contributed by atoms with Crippen molar-refractivity contribution >= 4 is 31.9 Å². The van der Waals surface area contributed by atoms with Crippen LogP contribution in [0.25, 0.3) is 0 Å². The van der Waals surface area contributed by atoms with Gasteiger partial charge in [0.15, 0.2) is 0 Å². The summed E-state index contributed by atoms with van der Waals surface area (Å²) in [6.45, 7) is 0.786. The van der Waals surface area contributed by atoms with E-state index in [1.807, 2.05) is 24.3 Å². The Kier molecular flexibility index (Phi) is 4.67. The van der Waals surface area contributed by atoms with Crippen LogP contribution in [0.2, 0.25) is 0 Å². The highest BCUT2D eigenvalue weighted by atomic mass is 79.9. The quantitative estimate of drug-likeness (QED) is 0.781. The second-order valence-electron chi connectivity index (χ2n) is 5.27. The molecule has 4 heteroatoms. The molecule has 2 nitrogen and oxygen atoms in total. The Bertz CT molecular complexity index is 655. The second kappa shape index (κ2) is 6.51. The molecule has 1 aliphatic heterocycles. The molecule has 0 aromatic heterocycles. The molecular formula is C17H16Br2O2. The number of benzene rings is 2. The highest BCUT2D eigenvalue weighted by Crippen LogP contribution is 2.30. The molecule has 1 N–H and O–H groups in total. The Hall–Kier alpha value is -0.840. The van der Waals surface area contributed by atoms with Gasteiger partial charge >= 0.3 is 0 Å². The SMILES string of the molecule is OC(CCc1ccc2c(c1)CCO2)c1ccc(Br)c(Br)c1. The van der Waals surface area contributed by atoms with Gasteiger partial charge in [-0.15, -0.1) is 0 Å². The molecule has 1 atom stereocenters. The summed E-state index contributed by atoms with van der Waals surface area (Å²) in [6, 6.07) is 12.2. The normalized spacial score (nSPS) is 14.6. The number of aliphatic hydroxyl groups excluding tert-OH is 1. The van der Waals surface area contributed by atoms with Gasteiger partial charge in [-0.1, -0.05) is 18.2 Å². The van der Waals surface area contributed by atoms with Gasteiger partial charge < -0.3 is 9.84 Å². The molecule has 2 aromatic carbocycles. The summed E-state index contributed by atoms with van der Waals surface area (Å²) in [6.07, 6.45) is 2.13. The zero-order chi connectivity index (χ0) is 14.8. The van der Waals surface area contributed by atoms with Crippen molar-refractivity contribution in [1.82, 2.24) is 0 Å². The van der Waals surface area contributed by atoms with Crippen molar-refractivity contribution in [2.24, 2.45) is 0 Å². The minimum atomic E-state index is -0.445. The molecule has 2 aromatic rings. The summed E-state index contributed by atoms with van der Waals surface area (Å²) < 4.78 is 7.48. The van der Waals surface area contributed by atoms with Gasteiger partial charge in [0, 0.05) is 15.4 Å². The zero-order valence-corrected chi connectivity index (χ0v) is 14.7. The van der Waals surface area contributed by atoms with Gasteiger partial charge in [0.05, 0.1) is 12.7 Å². The average Bonchev–Trinajstić information content (AvgIpc) is 2.95. The first kappa shape index (κ1) is 15.1. The first-order valence-electron chi connectivity index (χ1n) is 7.01. The summed E-state index contributed by atoms with van der Waals surface area (Å²) in [7, 11) is 0. The van der Waals surface area contributed by atoms with E-state index in [0.29, 0.717) is 6.42 Å². The van der Waals surface area contributed by atoms with Crippen LogP contribution in [0.4, 0.5) is 0 Å². The number of rotatable bonds is 4. The molecule has 0 amide bonds. The molecule has 0 saturated heterocycles. The van der Waals surface area contributed by atoms with Gasteiger partial charge in [-0.2, -0.15) is 0 Å². The van der Waals surface area contributed by atoms with E-state index in [1.165, 1.54) is 11.1 Å². The summed E-state index contributed by atoms with van der Waals surface area (Å²) in [5.41, 5.74) is 3.48. The van der Waals surface area contributed by atoms with Crippen molar-refractivity contribution < 1.29 is 9.84 Å². The third kappa shape index (κ3) is 3.50. The van der Waals surface area contributed by atoms with E-state index in [1.54, 1.807) is 0 Å². The molecule has 110 valence electrons. The second-order valence-corrected chi connectivity index (χ2v) is 6.98. The van der Waals surface area contributed by atoms with Gasteiger partial charge in [-0.25, -0.2) is 0 Å². The standard InChI is InChI=1S/C17H16Br2O2/c18-14-4-3-12(10-15(14)19)16(20)5-1-11-2-6-17-13(9-11)7-8-21-17/h2-4,6,9-10,16,20H,1,5,7-8H2. The highest BCUT2D eigenvalue weighted by Gasteiger charge is 2.13. The Morgan fingerprint density at radius 3 is 2.76 bits per heavy atom. The van der Waals surface area contributed by atoms with Gasteiger partial charge in [0.1, 0.15) is 5.75 Å². The summed E-state index contributed by atoms with van der Waals surface area (Å²) in [5, 5.41) is 10.3. The third-order valence-corrected chi connectivity index (χ3v) is 5.67. The Morgan fingerprint density at radius 1 is 1.10 bits per heavy atom. The Balaban J connectivity index is 1.65. The maximum absolute atomic E-state index is 10.3. The van der Waals surface area contributed by atoms with Crippen molar-refractivity contribution in [3.8, 4) is 5.75 Å². The zero-order valence-electron chi connectivity index (χ0n) is 11.5. The van der Waals surface area contributed by atoms with Crippen LogP contribution < -0.4 is 4.74 Å². The number of fused-ring (bicyclic) bond motifs is 1. The van der Waals surface area contributed by atoms with E-state index in [9.17, 15) is 5.11 Å². The highest BCUT2D eigenvalue weighted by molar-refractivity contribution is 9.13. The fourth-order valence-corrected chi connectivity index (χ4v) is 3.23. The minimum absolute atomic E-state index is 0.445. The number of aliphatic hydroxyl groups is 1. The van der Waals surface area contributed by atoms with Crippen LogP contribution in [0.1, 0.15) is 29.2 Å². The average molecular weight is 412 g/mol. The molecule has 1 heterocycles. The van der Waals surface area contributed by atoms with Crippen molar-refractivity contribution in [3.63, 3.8) is 0 Å². The lowest BCUT2D eigenvalue weighted by Gasteiger charge is -2.12. The molecule has 0 spiro atoms. The number of halogens is 2. The summed E-state index contributed by atoms with van der Waals surface area (Å²) in [4.78, 5) is 0. The van der Waals surface area contributed by atoms with Crippen molar-refractivity contribution in [1.29, 1.82) is 0 Å². The van der Waals surface area contributed by atoms with Crippen molar-refractivity contribution in [2.45, 2.75) is 25.4 Å². The largest absolute Gasteiger partial charge is 0.493 e. The number of ether oxygens (including phenoxy) is 1. The molecule has 0 saturated carbocycles. The van der Waals surface area contributed by atoms with E-state index in [2.05, 4.69) is 44.0 Å². The fourth-order valence-electron chi connectivity index (χ4n) is 2.59. The van der Waals surface area contributed by atoms with Gasteiger partial charge in [0.25, 0.3) is 0 Å². The lowest BCUT2D eigenvalue weighted by molar-refractivity contribution is 0.168. The van der Waals surface area contributed by atoms with Crippen LogP contribution in [-0.4, -0.2) is 11.7 Å². The van der Waals surface area contributed by atoms with E-state index < -0.39 is 6.10 Å². The fraction of sp³-hybridized carbons (Fsp3) is 0.294. The van der Waals surface area contributed by atoms with E-state index >= 15 is 0 Å². The molecule has 0 bridgehead atoms. The maximum atomic E-state index is 10.3. The van der Waals surface area contributed by atoms with Gasteiger partial charge in [0.2, 0.25) is 0 Å². The first-order chi connectivity index (χ1) is 10.1. The molecule has 21 heavy (non-hydrogen) atoms. The van der Waals surface area contributed by atoms with E-state index in [-0.39, 0.29) is 0 Å². The first-order valence-corrected chi connectivity index (χ1v) is 8.60. The Labute approximate surface area is 141 Å². The monoisotopic (exact) mass is 410 g/mol. The number of hydrogen-bond acceptors (Lipinski definition) is 2. The van der Waals surface area contributed by atoms with Gasteiger partial charge in [-0.3, -0.25) is 0 Å². The Morgan fingerprint density at radius 2 is 1.95 bits per heavy atom. The predicted octanol–water partition coefficient (Wildman–Crippen LogP) is 4.81. The lowest BCUT2D eigenvalue weighted by Crippen LogP contribution is -2.00. The lowest BCUT2D eigenvalue weighted by atomic mass is 10.00. The maximum Gasteiger partial charge on any atom is 0.122 e. The topological polar surface area (TPSA) is 29.5 Å². The van der Waals surface area contributed by atoms with Crippen LogP contribution in [0.5, 0.6) is 5.75 Å². The molecule has 0 radical (unpaired) electrons.